The van der Waals surface area contributed by atoms with Crippen molar-refractivity contribution in [3.63, 3.8) is 0 Å². The van der Waals surface area contributed by atoms with Gasteiger partial charge in [0, 0.05) is 12.5 Å². The molecule has 6 nitrogen and oxygen atoms in total. The van der Waals surface area contributed by atoms with Crippen molar-refractivity contribution in [2.24, 2.45) is 0 Å². The lowest BCUT2D eigenvalue weighted by Gasteiger charge is -2.17. The van der Waals surface area contributed by atoms with E-state index in [1.54, 1.807) is 18.2 Å². The number of methoxy groups -OCH3 is 2. The Hall–Kier alpha value is -3.75. The van der Waals surface area contributed by atoms with Crippen molar-refractivity contribution in [2.45, 2.75) is 25.1 Å². The average Bonchev–Trinajstić information content (AvgIpc) is 2.81. The molecule has 0 aliphatic rings. The number of allylic oxidation sites excluding steroid dienone is 1. The quantitative estimate of drug-likeness (QED) is 0.265. The molecule has 0 radical (unpaired) electrons. The maximum atomic E-state index is 12.6. The average molecular weight is 478 g/mol. The van der Waals surface area contributed by atoms with Crippen LogP contribution in [0.5, 0.6) is 11.5 Å². The molecule has 0 aliphatic heterocycles. The highest BCUT2D eigenvalue weighted by Gasteiger charge is 2.30. The van der Waals surface area contributed by atoms with Crippen LogP contribution in [-0.2, 0) is 38.1 Å². The van der Waals surface area contributed by atoms with E-state index in [9.17, 15) is 22.8 Å². The third kappa shape index (κ3) is 7.99. The van der Waals surface area contributed by atoms with Crippen LogP contribution in [-0.4, -0.2) is 38.9 Å². The van der Waals surface area contributed by atoms with Crippen LogP contribution < -0.4 is 9.47 Å². The second kappa shape index (κ2) is 12.5. The predicted octanol–water partition coefficient (Wildman–Crippen LogP) is 4.71. The van der Waals surface area contributed by atoms with Gasteiger partial charge in [-0.15, -0.1) is 0 Å². The molecule has 34 heavy (non-hydrogen) atoms. The van der Waals surface area contributed by atoms with E-state index in [1.807, 2.05) is 0 Å². The summed E-state index contributed by atoms with van der Waals surface area (Å²) in [5, 5.41) is 0. The van der Waals surface area contributed by atoms with Gasteiger partial charge in [-0.05, 0) is 41.8 Å². The van der Waals surface area contributed by atoms with Crippen LogP contribution >= 0.6 is 0 Å². The Morgan fingerprint density at radius 3 is 2.24 bits per heavy atom. The summed E-state index contributed by atoms with van der Waals surface area (Å²) in [7, 11) is 2.96. The van der Waals surface area contributed by atoms with Gasteiger partial charge in [0.05, 0.1) is 19.8 Å². The molecule has 2 aromatic carbocycles. The number of hydrogen-bond donors (Lipinski definition) is 0. The van der Waals surface area contributed by atoms with Gasteiger partial charge >= 0.3 is 18.1 Å². The van der Waals surface area contributed by atoms with Crippen molar-refractivity contribution in [2.75, 3.05) is 20.8 Å². The van der Waals surface area contributed by atoms with Crippen molar-refractivity contribution in [3.05, 3.63) is 84.0 Å². The smallest absolute Gasteiger partial charge is 0.416 e. The molecule has 0 bridgehead atoms. The van der Waals surface area contributed by atoms with Crippen molar-refractivity contribution in [3.8, 4) is 11.5 Å². The van der Waals surface area contributed by atoms with Crippen LogP contribution in [0.2, 0.25) is 0 Å². The van der Waals surface area contributed by atoms with Gasteiger partial charge in [-0.1, -0.05) is 36.9 Å². The maximum absolute atomic E-state index is 12.6. The Kier molecular flexibility index (Phi) is 9.73. The topological polar surface area (TPSA) is 71.1 Å². The lowest BCUT2D eigenvalue weighted by molar-refractivity contribution is -0.164. The first-order chi connectivity index (χ1) is 16.2. The van der Waals surface area contributed by atoms with Gasteiger partial charge in [-0.3, -0.25) is 0 Å². The number of carbonyl (C=O) groups is 2. The molecule has 0 saturated heterocycles. The molecular weight excluding hydrogens is 453 g/mol. The summed E-state index contributed by atoms with van der Waals surface area (Å²) in [5.74, 6) is -0.603. The van der Waals surface area contributed by atoms with E-state index in [2.05, 4.69) is 6.58 Å². The second-order valence-corrected chi connectivity index (χ2v) is 7.04. The molecule has 1 unspecified atom stereocenters. The summed E-state index contributed by atoms with van der Waals surface area (Å²) < 4.78 is 58.7. The minimum absolute atomic E-state index is 0.0226. The number of hydrogen-bond acceptors (Lipinski definition) is 6. The minimum atomic E-state index is -4.42. The number of halogens is 3. The van der Waals surface area contributed by atoms with Gasteiger partial charge in [-0.25, -0.2) is 9.59 Å². The summed E-state index contributed by atoms with van der Waals surface area (Å²) in [6, 6.07) is 9.60. The molecule has 0 spiro atoms. The monoisotopic (exact) mass is 478 g/mol. The Labute approximate surface area is 195 Å². The van der Waals surface area contributed by atoms with E-state index in [4.69, 9.17) is 18.9 Å². The van der Waals surface area contributed by atoms with Gasteiger partial charge in [0.15, 0.2) is 11.5 Å². The third-order valence-corrected chi connectivity index (χ3v) is 4.62. The zero-order valence-electron chi connectivity index (χ0n) is 18.8. The highest BCUT2D eigenvalue weighted by atomic mass is 19.4. The number of rotatable bonds is 11. The molecule has 0 aliphatic carbocycles. The third-order valence-electron chi connectivity index (χ3n) is 4.62. The van der Waals surface area contributed by atoms with Crippen molar-refractivity contribution < 1.29 is 41.7 Å². The first-order valence-corrected chi connectivity index (χ1v) is 10.2. The van der Waals surface area contributed by atoms with E-state index in [0.29, 0.717) is 22.6 Å². The van der Waals surface area contributed by atoms with Gasteiger partial charge in [0.2, 0.25) is 6.10 Å². The van der Waals surface area contributed by atoms with E-state index >= 15 is 0 Å². The SMILES string of the molecule is C=CCOC(=O)C(Cc1ccc(OC)c(OC)c1)OC(=O)/C=C/Cc1ccc(C(F)(F)F)cc1. The van der Waals surface area contributed by atoms with Crippen LogP contribution in [0.1, 0.15) is 16.7 Å². The molecule has 1 atom stereocenters. The molecule has 0 saturated carbocycles. The molecule has 0 heterocycles. The summed E-state index contributed by atoms with van der Waals surface area (Å²) in [6.07, 6.45) is -1.49. The van der Waals surface area contributed by atoms with E-state index in [-0.39, 0.29) is 19.4 Å². The predicted molar refractivity (Wildman–Crippen MR) is 119 cm³/mol. The van der Waals surface area contributed by atoms with Gasteiger partial charge in [0.1, 0.15) is 6.61 Å². The fraction of sp³-hybridized carbons (Fsp3) is 0.280. The fourth-order valence-corrected chi connectivity index (χ4v) is 2.93. The van der Waals surface area contributed by atoms with Crippen LogP contribution in [0.4, 0.5) is 13.2 Å². The highest BCUT2D eigenvalue weighted by molar-refractivity contribution is 5.85. The molecular formula is C25H25F3O6. The first kappa shape index (κ1) is 26.5. The Bertz CT molecular complexity index is 1010. The van der Waals surface area contributed by atoms with Crippen LogP contribution in [0.15, 0.2) is 67.3 Å². The molecule has 2 rings (SSSR count). The van der Waals surface area contributed by atoms with E-state index < -0.39 is 29.8 Å². The maximum Gasteiger partial charge on any atom is 0.416 e. The molecule has 0 aromatic heterocycles. The van der Waals surface area contributed by atoms with Gasteiger partial charge in [0.25, 0.3) is 0 Å². The number of ether oxygens (including phenoxy) is 4. The van der Waals surface area contributed by atoms with Crippen LogP contribution in [0.3, 0.4) is 0 Å². The van der Waals surface area contributed by atoms with Gasteiger partial charge in [-0.2, -0.15) is 13.2 Å². The summed E-state index contributed by atoms with van der Waals surface area (Å²) >= 11 is 0. The lowest BCUT2D eigenvalue weighted by Crippen LogP contribution is -2.31. The molecule has 182 valence electrons. The minimum Gasteiger partial charge on any atom is -0.493 e. The zero-order chi connectivity index (χ0) is 25.1. The molecule has 0 amide bonds. The summed E-state index contributed by atoms with van der Waals surface area (Å²) in [4.78, 5) is 24.7. The van der Waals surface area contributed by atoms with Gasteiger partial charge < -0.3 is 18.9 Å². The second-order valence-electron chi connectivity index (χ2n) is 7.04. The number of alkyl halides is 3. The van der Waals surface area contributed by atoms with Crippen molar-refractivity contribution >= 4 is 11.9 Å². The highest BCUT2D eigenvalue weighted by Crippen LogP contribution is 2.29. The fourth-order valence-electron chi connectivity index (χ4n) is 2.93. The molecule has 0 fully saturated rings. The standard InChI is InChI=1S/C25H25F3O6/c1-4-14-33-24(30)22(16-18-10-13-20(31-2)21(15-18)32-3)34-23(29)7-5-6-17-8-11-19(12-9-17)25(26,27)28/h4-5,7-13,15,22H,1,6,14,16H2,2-3H3/b7-5+. The largest absolute Gasteiger partial charge is 0.493 e. The Morgan fingerprint density at radius 1 is 1.00 bits per heavy atom. The Morgan fingerprint density at radius 2 is 1.65 bits per heavy atom. The number of benzene rings is 2. The van der Waals surface area contributed by atoms with E-state index in [1.165, 1.54) is 38.5 Å². The van der Waals surface area contributed by atoms with Crippen LogP contribution in [0.25, 0.3) is 0 Å². The van der Waals surface area contributed by atoms with Crippen LogP contribution in [0, 0.1) is 0 Å². The van der Waals surface area contributed by atoms with Crippen molar-refractivity contribution in [1.82, 2.24) is 0 Å². The number of esters is 2. The van der Waals surface area contributed by atoms with E-state index in [0.717, 1.165) is 18.2 Å². The summed E-state index contributed by atoms with van der Waals surface area (Å²) in [5.41, 5.74) is 0.458. The normalized spacial score (nSPS) is 12.1. The summed E-state index contributed by atoms with van der Waals surface area (Å²) in [6.45, 7) is 3.42. The van der Waals surface area contributed by atoms with Crippen molar-refractivity contribution in [1.29, 1.82) is 0 Å². The first-order valence-electron chi connectivity index (χ1n) is 10.2. The number of carbonyl (C=O) groups excluding carboxylic acids is 2. The molecule has 9 heteroatoms. The lowest BCUT2D eigenvalue weighted by atomic mass is 10.1. The molecule has 0 N–H and O–H groups in total. The Balaban J connectivity index is 2.06. The molecule has 2 aromatic rings. The zero-order valence-corrected chi connectivity index (χ0v) is 18.8.